The Balaban J connectivity index is 2.27. The zero-order valence-corrected chi connectivity index (χ0v) is 11.4. The van der Waals surface area contributed by atoms with Crippen LogP contribution in [0.25, 0.3) is 0 Å². The SMILES string of the molecule is Cn1ccc(S(=O)(=O)N2CCCCC2CCO)c1. The molecule has 6 heteroatoms. The van der Waals surface area contributed by atoms with E-state index in [2.05, 4.69) is 0 Å². The van der Waals surface area contributed by atoms with Gasteiger partial charge in [0.15, 0.2) is 0 Å². The van der Waals surface area contributed by atoms with Crippen molar-refractivity contribution in [3.05, 3.63) is 18.5 Å². The van der Waals surface area contributed by atoms with Crippen LogP contribution in [-0.4, -0.2) is 41.6 Å². The van der Waals surface area contributed by atoms with Gasteiger partial charge in [-0.25, -0.2) is 8.42 Å². The van der Waals surface area contributed by atoms with Gasteiger partial charge in [-0.15, -0.1) is 0 Å². The summed E-state index contributed by atoms with van der Waals surface area (Å²) in [6.07, 6.45) is 6.65. The summed E-state index contributed by atoms with van der Waals surface area (Å²) in [4.78, 5) is 0.342. The summed E-state index contributed by atoms with van der Waals surface area (Å²) in [5.41, 5.74) is 0. The molecule has 18 heavy (non-hydrogen) atoms. The van der Waals surface area contributed by atoms with Gasteiger partial charge in [0.1, 0.15) is 0 Å². The van der Waals surface area contributed by atoms with Crippen LogP contribution in [0.4, 0.5) is 0 Å². The van der Waals surface area contributed by atoms with E-state index in [1.54, 1.807) is 34.4 Å². The second kappa shape index (κ2) is 5.42. The first-order valence-electron chi connectivity index (χ1n) is 6.30. The average molecular weight is 272 g/mol. The number of hydrogen-bond donors (Lipinski definition) is 1. The first kappa shape index (κ1) is 13.6. The molecule has 2 rings (SSSR count). The second-order valence-electron chi connectivity index (χ2n) is 4.79. The fourth-order valence-corrected chi connectivity index (χ4v) is 4.27. The third kappa shape index (κ3) is 2.60. The highest BCUT2D eigenvalue weighted by molar-refractivity contribution is 7.89. The summed E-state index contributed by atoms with van der Waals surface area (Å²) in [7, 11) is -1.61. The standard InChI is InChI=1S/C12H20N2O3S/c1-13-8-5-12(10-13)18(16,17)14-7-3-2-4-11(14)6-9-15/h5,8,10-11,15H,2-4,6-7,9H2,1H3. The third-order valence-electron chi connectivity index (χ3n) is 3.45. The van der Waals surface area contributed by atoms with Crippen molar-refractivity contribution in [2.45, 2.75) is 36.6 Å². The number of rotatable bonds is 4. The molecule has 2 heterocycles. The first-order valence-corrected chi connectivity index (χ1v) is 7.74. The van der Waals surface area contributed by atoms with Crippen molar-refractivity contribution in [3.63, 3.8) is 0 Å². The quantitative estimate of drug-likeness (QED) is 0.887. The molecule has 1 fully saturated rings. The summed E-state index contributed by atoms with van der Waals surface area (Å²) in [6.45, 7) is 0.591. The topological polar surface area (TPSA) is 62.5 Å². The van der Waals surface area contributed by atoms with E-state index in [1.807, 2.05) is 0 Å². The van der Waals surface area contributed by atoms with Crippen molar-refractivity contribution in [3.8, 4) is 0 Å². The summed E-state index contributed by atoms with van der Waals surface area (Å²) in [5.74, 6) is 0. The van der Waals surface area contributed by atoms with E-state index in [0.717, 1.165) is 19.3 Å². The molecule has 5 nitrogen and oxygen atoms in total. The molecule has 0 amide bonds. The molecule has 0 aliphatic carbocycles. The van der Waals surface area contributed by atoms with E-state index in [1.165, 1.54) is 0 Å². The van der Waals surface area contributed by atoms with Crippen molar-refractivity contribution >= 4 is 10.0 Å². The van der Waals surface area contributed by atoms with Crippen LogP contribution < -0.4 is 0 Å². The van der Waals surface area contributed by atoms with E-state index in [9.17, 15) is 8.42 Å². The molecule has 0 radical (unpaired) electrons. The van der Waals surface area contributed by atoms with Gasteiger partial charge in [0.05, 0.1) is 4.90 Å². The fraction of sp³-hybridized carbons (Fsp3) is 0.667. The number of aliphatic hydroxyl groups excluding tert-OH is 1. The monoisotopic (exact) mass is 272 g/mol. The Morgan fingerprint density at radius 2 is 2.22 bits per heavy atom. The minimum atomic E-state index is -3.41. The number of aromatic nitrogens is 1. The van der Waals surface area contributed by atoms with Gasteiger partial charge >= 0.3 is 0 Å². The molecule has 0 spiro atoms. The molecule has 1 aromatic rings. The minimum absolute atomic E-state index is 0.0332. The Morgan fingerprint density at radius 3 is 2.83 bits per heavy atom. The molecule has 1 atom stereocenters. The molecule has 0 saturated carbocycles. The Hall–Kier alpha value is -0.850. The van der Waals surface area contributed by atoms with E-state index < -0.39 is 10.0 Å². The number of aliphatic hydroxyl groups is 1. The lowest BCUT2D eigenvalue weighted by Crippen LogP contribution is -2.43. The molecule has 1 N–H and O–H groups in total. The van der Waals surface area contributed by atoms with Gasteiger partial charge < -0.3 is 9.67 Å². The average Bonchev–Trinajstić information content (AvgIpc) is 2.78. The van der Waals surface area contributed by atoms with Crippen molar-refractivity contribution in [2.75, 3.05) is 13.2 Å². The predicted octanol–water partition coefficient (Wildman–Crippen LogP) is 0.951. The third-order valence-corrected chi connectivity index (χ3v) is 5.38. The molecule has 1 unspecified atom stereocenters. The highest BCUT2D eigenvalue weighted by Gasteiger charge is 2.33. The lowest BCUT2D eigenvalue weighted by Gasteiger charge is -2.34. The Labute approximate surface area is 108 Å². The molecule has 102 valence electrons. The van der Waals surface area contributed by atoms with Crippen molar-refractivity contribution in [1.82, 2.24) is 8.87 Å². The smallest absolute Gasteiger partial charge is 0.244 e. The highest BCUT2D eigenvalue weighted by atomic mass is 32.2. The van der Waals surface area contributed by atoms with E-state index >= 15 is 0 Å². The van der Waals surface area contributed by atoms with Crippen LogP contribution in [0.1, 0.15) is 25.7 Å². The van der Waals surface area contributed by atoms with Crippen LogP contribution in [-0.2, 0) is 17.1 Å². The van der Waals surface area contributed by atoms with Crippen LogP contribution in [0.5, 0.6) is 0 Å². The maximum atomic E-state index is 12.5. The number of nitrogens with zero attached hydrogens (tertiary/aromatic N) is 2. The van der Waals surface area contributed by atoms with Crippen LogP contribution in [0.2, 0.25) is 0 Å². The van der Waals surface area contributed by atoms with Crippen LogP contribution in [0.3, 0.4) is 0 Å². The molecule has 1 aromatic heterocycles. The van der Waals surface area contributed by atoms with Gasteiger partial charge in [-0.2, -0.15) is 4.31 Å². The summed E-state index contributed by atoms with van der Waals surface area (Å²) < 4.78 is 28.3. The minimum Gasteiger partial charge on any atom is -0.396 e. The van der Waals surface area contributed by atoms with Gasteiger partial charge in [-0.05, 0) is 25.3 Å². The van der Waals surface area contributed by atoms with Crippen LogP contribution in [0.15, 0.2) is 23.4 Å². The Kier molecular flexibility index (Phi) is 4.09. The van der Waals surface area contributed by atoms with Gasteiger partial charge in [0, 0.05) is 38.6 Å². The lowest BCUT2D eigenvalue weighted by molar-refractivity contribution is 0.192. The van der Waals surface area contributed by atoms with E-state index in [0.29, 0.717) is 17.9 Å². The summed E-state index contributed by atoms with van der Waals surface area (Å²) in [5, 5.41) is 9.05. The van der Waals surface area contributed by atoms with E-state index in [-0.39, 0.29) is 12.6 Å². The van der Waals surface area contributed by atoms with Crippen molar-refractivity contribution < 1.29 is 13.5 Å². The molecule has 1 aliphatic heterocycles. The fourth-order valence-electron chi connectivity index (χ4n) is 2.49. The van der Waals surface area contributed by atoms with Crippen LogP contribution in [0, 0.1) is 0 Å². The number of piperidine rings is 1. The van der Waals surface area contributed by atoms with Crippen LogP contribution >= 0.6 is 0 Å². The van der Waals surface area contributed by atoms with Gasteiger partial charge in [-0.3, -0.25) is 0 Å². The van der Waals surface area contributed by atoms with Gasteiger partial charge in [0.2, 0.25) is 10.0 Å². The molecule has 1 aliphatic rings. The largest absolute Gasteiger partial charge is 0.396 e. The second-order valence-corrected chi connectivity index (χ2v) is 6.68. The number of hydrogen-bond acceptors (Lipinski definition) is 3. The zero-order valence-electron chi connectivity index (χ0n) is 10.6. The molecule has 1 saturated heterocycles. The maximum absolute atomic E-state index is 12.5. The molecule has 0 bridgehead atoms. The number of aryl methyl sites for hydroxylation is 1. The first-order chi connectivity index (χ1) is 8.55. The normalized spacial score (nSPS) is 22.2. The molecule has 0 aromatic carbocycles. The Bertz CT molecular complexity index is 493. The van der Waals surface area contributed by atoms with Gasteiger partial charge in [0.25, 0.3) is 0 Å². The summed E-state index contributed by atoms with van der Waals surface area (Å²) in [6, 6.07) is 1.56. The maximum Gasteiger partial charge on any atom is 0.244 e. The van der Waals surface area contributed by atoms with Gasteiger partial charge in [-0.1, -0.05) is 6.42 Å². The highest BCUT2D eigenvalue weighted by Crippen LogP contribution is 2.26. The molecular weight excluding hydrogens is 252 g/mol. The number of sulfonamides is 1. The predicted molar refractivity (Wildman–Crippen MR) is 68.6 cm³/mol. The molecular formula is C12H20N2O3S. The lowest BCUT2D eigenvalue weighted by atomic mass is 10.0. The van der Waals surface area contributed by atoms with Crippen molar-refractivity contribution in [2.24, 2.45) is 7.05 Å². The Morgan fingerprint density at radius 1 is 1.44 bits per heavy atom. The van der Waals surface area contributed by atoms with E-state index in [4.69, 9.17) is 5.11 Å². The summed E-state index contributed by atoms with van der Waals surface area (Å²) >= 11 is 0. The zero-order chi connectivity index (χ0) is 13.2. The van der Waals surface area contributed by atoms with Crippen molar-refractivity contribution in [1.29, 1.82) is 0 Å².